The van der Waals surface area contributed by atoms with Crippen LogP contribution in [-0.4, -0.2) is 57.4 Å². The number of aromatic amines is 2. The normalized spacial score (nSPS) is 16.1. The number of aromatic nitrogens is 3. The lowest BCUT2D eigenvalue weighted by molar-refractivity contribution is 0.0509. The molecule has 0 unspecified atom stereocenters. The Morgan fingerprint density at radius 1 is 1.27 bits per heavy atom. The van der Waals surface area contributed by atoms with Gasteiger partial charge in [-0.1, -0.05) is 23.7 Å². The van der Waals surface area contributed by atoms with E-state index in [0.717, 1.165) is 35.2 Å². The number of benzene rings is 2. The first kappa shape index (κ1) is 28.5. The van der Waals surface area contributed by atoms with Crippen LogP contribution in [0.2, 0.25) is 5.02 Å². The number of rotatable bonds is 7. The molecule has 2 aromatic heterocycles. The van der Waals surface area contributed by atoms with Gasteiger partial charge in [0.05, 0.1) is 28.9 Å². The first-order valence-electron chi connectivity index (χ1n) is 13.6. The van der Waals surface area contributed by atoms with Gasteiger partial charge in [-0.2, -0.15) is 0 Å². The number of carbonyl (C=O) groups is 1. The number of hydrogen-bond donors (Lipinski definition) is 5. The van der Waals surface area contributed by atoms with Gasteiger partial charge >= 0.3 is 6.09 Å². The minimum Gasteiger partial charge on any atom is -0.444 e. The van der Waals surface area contributed by atoms with Crippen LogP contribution < -0.4 is 21.1 Å². The zero-order valence-corrected chi connectivity index (χ0v) is 24.3. The molecular formula is C30H35ClN6O4. The predicted molar refractivity (Wildman–Crippen MR) is 162 cm³/mol. The van der Waals surface area contributed by atoms with E-state index in [1.54, 1.807) is 36.5 Å². The number of carbonyl (C=O) groups excluding carboxylic acids is 1. The zero-order valence-electron chi connectivity index (χ0n) is 23.5. The third kappa shape index (κ3) is 6.66. The van der Waals surface area contributed by atoms with E-state index in [9.17, 15) is 14.7 Å². The summed E-state index contributed by atoms with van der Waals surface area (Å²) in [4.78, 5) is 38.2. The van der Waals surface area contributed by atoms with E-state index in [2.05, 4.69) is 31.6 Å². The first-order valence-corrected chi connectivity index (χ1v) is 14.0. The molecule has 1 amide bonds. The average Bonchev–Trinajstić information content (AvgIpc) is 3.53. The number of alkyl carbamates (subject to hydrolysis) is 1. The van der Waals surface area contributed by atoms with Crippen molar-refractivity contribution in [1.82, 2.24) is 20.3 Å². The molecule has 0 bridgehead atoms. The number of imidazole rings is 1. The molecule has 1 fully saturated rings. The molecule has 41 heavy (non-hydrogen) atoms. The Hall–Kier alpha value is -4.02. The molecule has 0 saturated carbocycles. The molecule has 5 N–H and O–H groups in total. The SMILES string of the molecule is Cc1cc(N2CC[C@H](NC(=O)OC(C)(C)C)C2)cc2[nH]c(-c3c(NC[C@@H](O)c4cccc(Cl)c4)cc[nH]c3=O)nc12. The molecule has 11 heteroatoms. The number of hydrogen-bond acceptors (Lipinski definition) is 7. The van der Waals surface area contributed by atoms with Crippen molar-refractivity contribution >= 4 is 40.1 Å². The van der Waals surface area contributed by atoms with Crippen molar-refractivity contribution in [2.75, 3.05) is 29.9 Å². The summed E-state index contributed by atoms with van der Waals surface area (Å²) in [7, 11) is 0. The molecule has 1 saturated heterocycles. The summed E-state index contributed by atoms with van der Waals surface area (Å²) < 4.78 is 5.40. The number of halogens is 1. The Morgan fingerprint density at radius 2 is 2.07 bits per heavy atom. The topological polar surface area (TPSA) is 135 Å². The van der Waals surface area contributed by atoms with Gasteiger partial charge in [-0.25, -0.2) is 9.78 Å². The van der Waals surface area contributed by atoms with Gasteiger partial charge < -0.3 is 35.3 Å². The number of fused-ring (bicyclic) bond motifs is 1. The van der Waals surface area contributed by atoms with Gasteiger partial charge in [-0.15, -0.1) is 0 Å². The number of nitrogens with one attached hydrogen (secondary N) is 4. The highest BCUT2D eigenvalue weighted by atomic mass is 35.5. The summed E-state index contributed by atoms with van der Waals surface area (Å²) in [5.41, 5.74) is 4.24. The number of H-pyrrole nitrogens is 2. The van der Waals surface area contributed by atoms with Gasteiger partial charge in [0.15, 0.2) is 0 Å². The fourth-order valence-electron chi connectivity index (χ4n) is 5.06. The second-order valence-corrected chi connectivity index (χ2v) is 11.8. The van der Waals surface area contributed by atoms with Gasteiger partial charge in [-0.3, -0.25) is 4.79 Å². The summed E-state index contributed by atoms with van der Waals surface area (Å²) in [6, 6.07) is 12.9. The summed E-state index contributed by atoms with van der Waals surface area (Å²) in [5.74, 6) is 0.424. The predicted octanol–water partition coefficient (Wildman–Crippen LogP) is 5.13. The lowest BCUT2D eigenvalue weighted by Gasteiger charge is -2.22. The number of ether oxygens (including phenoxy) is 1. The highest BCUT2D eigenvalue weighted by Gasteiger charge is 2.27. The van der Waals surface area contributed by atoms with Crippen LogP contribution in [0.5, 0.6) is 0 Å². The maximum atomic E-state index is 13.0. The molecule has 0 spiro atoms. The average molecular weight is 579 g/mol. The molecule has 1 aliphatic rings. The van der Waals surface area contributed by atoms with Gasteiger partial charge in [-0.05, 0) is 75.6 Å². The van der Waals surface area contributed by atoms with E-state index in [0.29, 0.717) is 34.2 Å². The zero-order chi connectivity index (χ0) is 29.3. The Kier molecular flexibility index (Phi) is 7.97. The van der Waals surface area contributed by atoms with Gasteiger partial charge in [0.2, 0.25) is 0 Å². The minimum absolute atomic E-state index is 0.0167. The number of nitrogens with zero attached hydrogens (tertiary/aromatic N) is 2. The van der Waals surface area contributed by atoms with E-state index in [4.69, 9.17) is 21.3 Å². The molecule has 1 aliphatic heterocycles. The first-order chi connectivity index (χ1) is 19.5. The fourth-order valence-corrected chi connectivity index (χ4v) is 5.26. The lowest BCUT2D eigenvalue weighted by atomic mass is 10.1. The molecule has 2 aromatic carbocycles. The van der Waals surface area contributed by atoms with E-state index in [1.165, 1.54) is 0 Å². The minimum atomic E-state index is -0.824. The highest BCUT2D eigenvalue weighted by molar-refractivity contribution is 6.30. The molecule has 3 heterocycles. The Morgan fingerprint density at radius 3 is 2.83 bits per heavy atom. The van der Waals surface area contributed by atoms with E-state index >= 15 is 0 Å². The smallest absolute Gasteiger partial charge is 0.407 e. The van der Waals surface area contributed by atoms with Crippen molar-refractivity contribution in [1.29, 1.82) is 0 Å². The van der Waals surface area contributed by atoms with Crippen molar-refractivity contribution in [3.63, 3.8) is 0 Å². The second kappa shape index (κ2) is 11.5. The van der Waals surface area contributed by atoms with Crippen LogP contribution in [0.25, 0.3) is 22.4 Å². The molecule has 5 rings (SSSR count). The Bertz CT molecular complexity index is 1630. The van der Waals surface area contributed by atoms with Crippen LogP contribution in [0.1, 0.15) is 44.4 Å². The molecule has 2 atom stereocenters. The fraction of sp³-hybridized carbons (Fsp3) is 0.367. The summed E-state index contributed by atoms with van der Waals surface area (Å²) in [5, 5.41) is 17.4. The van der Waals surface area contributed by atoms with Crippen molar-refractivity contribution < 1.29 is 14.6 Å². The third-order valence-electron chi connectivity index (χ3n) is 6.95. The van der Waals surface area contributed by atoms with Crippen LogP contribution in [0.3, 0.4) is 0 Å². The Balaban J connectivity index is 1.35. The monoisotopic (exact) mass is 578 g/mol. The van der Waals surface area contributed by atoms with Crippen LogP contribution in [0.4, 0.5) is 16.2 Å². The van der Waals surface area contributed by atoms with Crippen molar-refractivity contribution in [2.24, 2.45) is 0 Å². The molecule has 216 valence electrons. The van der Waals surface area contributed by atoms with Crippen molar-refractivity contribution in [2.45, 2.75) is 51.9 Å². The number of anilines is 2. The molecule has 0 radical (unpaired) electrons. The largest absolute Gasteiger partial charge is 0.444 e. The number of pyridine rings is 1. The quantitative estimate of drug-likeness (QED) is 0.205. The van der Waals surface area contributed by atoms with E-state index in [-0.39, 0.29) is 18.1 Å². The molecule has 0 aliphatic carbocycles. The maximum absolute atomic E-state index is 13.0. The van der Waals surface area contributed by atoms with Crippen LogP contribution in [-0.2, 0) is 4.74 Å². The van der Waals surface area contributed by atoms with E-state index in [1.807, 2.05) is 33.8 Å². The molecular weight excluding hydrogens is 544 g/mol. The van der Waals surface area contributed by atoms with Gasteiger partial charge in [0.1, 0.15) is 17.0 Å². The molecule has 10 nitrogen and oxygen atoms in total. The summed E-state index contributed by atoms with van der Waals surface area (Å²) >= 11 is 6.07. The number of aliphatic hydroxyl groups excluding tert-OH is 1. The summed E-state index contributed by atoms with van der Waals surface area (Å²) in [6.07, 6.45) is 1.13. The van der Waals surface area contributed by atoms with Crippen LogP contribution in [0.15, 0.2) is 53.5 Å². The highest BCUT2D eigenvalue weighted by Crippen LogP contribution is 2.31. The van der Waals surface area contributed by atoms with Crippen molar-refractivity contribution in [3.05, 3.63) is 75.2 Å². The lowest BCUT2D eigenvalue weighted by Crippen LogP contribution is -2.40. The number of amides is 1. The third-order valence-corrected chi connectivity index (χ3v) is 7.19. The van der Waals surface area contributed by atoms with Gasteiger partial charge in [0, 0.05) is 36.5 Å². The van der Waals surface area contributed by atoms with Crippen molar-refractivity contribution in [3.8, 4) is 11.4 Å². The van der Waals surface area contributed by atoms with Crippen LogP contribution in [0, 0.1) is 6.92 Å². The van der Waals surface area contributed by atoms with Gasteiger partial charge in [0.25, 0.3) is 5.56 Å². The second-order valence-electron chi connectivity index (χ2n) is 11.4. The summed E-state index contributed by atoms with van der Waals surface area (Å²) in [6.45, 7) is 9.14. The van der Waals surface area contributed by atoms with E-state index < -0.39 is 17.8 Å². The maximum Gasteiger partial charge on any atom is 0.407 e. The Labute approximate surface area is 243 Å². The standard InChI is InChI=1S/C30H35ClN6O4/c1-17-12-21(37-11-9-20(16-37)34-29(40)41-30(2,3)4)14-23-26(17)36-27(35-23)25-22(8-10-32-28(25)39)33-15-24(38)18-6-5-7-19(31)13-18/h5-8,10,12-14,20,24,38H,9,11,15-16H2,1-4H3,(H,34,40)(H,35,36)(H2,32,33,39)/t20-,24+/m0/s1. The van der Waals surface area contributed by atoms with Crippen LogP contribution >= 0.6 is 11.6 Å². The number of aliphatic hydroxyl groups is 1. The molecule has 4 aromatic rings. The number of aryl methyl sites for hydroxylation is 1.